The number of carbonyl (C=O) groups is 1. The van der Waals surface area contributed by atoms with Gasteiger partial charge in [-0.2, -0.15) is 0 Å². The van der Waals surface area contributed by atoms with Crippen molar-refractivity contribution < 1.29 is 9.90 Å². The zero-order valence-corrected chi connectivity index (χ0v) is 9.40. The number of nitrogens with zero attached hydrogens (tertiary/aromatic N) is 2. The zero-order valence-electron chi connectivity index (χ0n) is 9.40. The van der Waals surface area contributed by atoms with Crippen LogP contribution in [-0.2, 0) is 0 Å². The van der Waals surface area contributed by atoms with Crippen LogP contribution >= 0.6 is 0 Å². The molecule has 0 aromatic carbocycles. The fraction of sp³-hybridized carbons (Fsp3) is 0.333. The van der Waals surface area contributed by atoms with Crippen molar-refractivity contribution in [2.75, 3.05) is 18.0 Å². The van der Waals surface area contributed by atoms with Crippen LogP contribution in [0, 0.1) is 19.3 Å². The summed E-state index contributed by atoms with van der Waals surface area (Å²) in [7, 11) is 0. The molecule has 0 aliphatic rings. The van der Waals surface area contributed by atoms with Crippen LogP contribution in [-0.4, -0.2) is 29.1 Å². The molecule has 0 atom stereocenters. The molecule has 0 fully saturated rings. The molecule has 1 rings (SSSR count). The second-order valence-electron chi connectivity index (χ2n) is 3.38. The van der Waals surface area contributed by atoms with Crippen LogP contribution in [0.3, 0.4) is 0 Å². The van der Waals surface area contributed by atoms with Crippen molar-refractivity contribution in [3.8, 4) is 12.3 Å². The van der Waals surface area contributed by atoms with E-state index in [0.29, 0.717) is 24.6 Å². The second kappa shape index (κ2) is 5.17. The summed E-state index contributed by atoms with van der Waals surface area (Å²) < 4.78 is 0. The number of aromatic nitrogens is 1. The highest BCUT2D eigenvalue weighted by Gasteiger charge is 2.10. The molecule has 0 unspecified atom stereocenters. The molecule has 0 spiro atoms. The van der Waals surface area contributed by atoms with Gasteiger partial charge in [-0.15, -0.1) is 6.42 Å². The Kier molecular flexibility index (Phi) is 3.90. The molecule has 1 aromatic heterocycles. The molecule has 0 amide bonds. The number of anilines is 1. The fourth-order valence-electron chi connectivity index (χ4n) is 1.40. The quantitative estimate of drug-likeness (QED) is 0.779. The molecule has 4 nitrogen and oxygen atoms in total. The van der Waals surface area contributed by atoms with Crippen molar-refractivity contribution >= 4 is 11.8 Å². The summed E-state index contributed by atoms with van der Waals surface area (Å²) in [6.45, 7) is 4.83. The summed E-state index contributed by atoms with van der Waals surface area (Å²) >= 11 is 0. The number of hydrogen-bond acceptors (Lipinski definition) is 3. The Labute approximate surface area is 94.9 Å². The van der Waals surface area contributed by atoms with Crippen molar-refractivity contribution in [2.45, 2.75) is 13.8 Å². The van der Waals surface area contributed by atoms with Gasteiger partial charge in [0.25, 0.3) is 0 Å². The average Bonchev–Trinajstić information content (AvgIpc) is 2.24. The number of aromatic carboxylic acids is 1. The molecule has 4 heteroatoms. The van der Waals surface area contributed by atoms with E-state index in [1.54, 1.807) is 6.92 Å². The molecule has 16 heavy (non-hydrogen) atoms. The summed E-state index contributed by atoms with van der Waals surface area (Å²) in [6, 6.07) is 3.08. The third-order valence-electron chi connectivity index (χ3n) is 2.17. The summed E-state index contributed by atoms with van der Waals surface area (Å²) in [5, 5.41) is 8.93. The van der Waals surface area contributed by atoms with E-state index >= 15 is 0 Å². The lowest BCUT2D eigenvalue weighted by molar-refractivity contribution is 0.0696. The summed E-state index contributed by atoms with van der Waals surface area (Å²) in [5.41, 5.74) is 0.906. The van der Waals surface area contributed by atoms with E-state index in [0.717, 1.165) is 0 Å². The van der Waals surface area contributed by atoms with Gasteiger partial charge >= 0.3 is 5.97 Å². The van der Waals surface area contributed by atoms with Gasteiger partial charge in [-0.25, -0.2) is 9.78 Å². The van der Waals surface area contributed by atoms with Crippen LogP contribution in [0.25, 0.3) is 0 Å². The van der Waals surface area contributed by atoms with Gasteiger partial charge in [0.1, 0.15) is 5.82 Å². The first-order valence-electron chi connectivity index (χ1n) is 4.99. The third kappa shape index (κ3) is 2.74. The van der Waals surface area contributed by atoms with E-state index < -0.39 is 5.97 Å². The minimum Gasteiger partial charge on any atom is -0.478 e. The molecule has 0 aliphatic heterocycles. The molecule has 0 radical (unpaired) electrons. The molecule has 84 valence electrons. The molecule has 1 N–H and O–H groups in total. The molecule has 0 aliphatic carbocycles. The maximum Gasteiger partial charge on any atom is 0.335 e. The van der Waals surface area contributed by atoms with Crippen molar-refractivity contribution in [1.29, 1.82) is 0 Å². The Bertz CT molecular complexity index is 435. The lowest BCUT2D eigenvalue weighted by atomic mass is 10.2. The van der Waals surface area contributed by atoms with Crippen LogP contribution in [0.1, 0.15) is 23.0 Å². The number of hydrogen-bond donors (Lipinski definition) is 1. The number of carboxylic acids is 1. The molecule has 0 saturated carbocycles. The van der Waals surface area contributed by atoms with E-state index in [4.69, 9.17) is 11.5 Å². The molecular weight excluding hydrogens is 204 g/mol. The van der Waals surface area contributed by atoms with Gasteiger partial charge in [-0.1, -0.05) is 5.92 Å². The Morgan fingerprint density at radius 2 is 2.31 bits per heavy atom. The molecular formula is C12H14N2O2. The first kappa shape index (κ1) is 12.1. The number of rotatable bonds is 4. The standard InChI is InChI=1S/C12H14N2O2/c1-4-6-14(5-2)11-8-10(12(15)16)7-9(3)13-11/h1,7-8H,5-6H2,2-3H3,(H,15,16). The number of aryl methyl sites for hydroxylation is 1. The maximum absolute atomic E-state index is 10.9. The number of terminal acetylenes is 1. The second-order valence-corrected chi connectivity index (χ2v) is 3.38. The highest BCUT2D eigenvalue weighted by atomic mass is 16.4. The van der Waals surface area contributed by atoms with Gasteiger partial charge in [-0.3, -0.25) is 0 Å². The highest BCUT2D eigenvalue weighted by Crippen LogP contribution is 2.14. The fourth-order valence-corrected chi connectivity index (χ4v) is 1.40. The largest absolute Gasteiger partial charge is 0.478 e. The van der Waals surface area contributed by atoms with Crippen molar-refractivity contribution in [3.63, 3.8) is 0 Å². The monoisotopic (exact) mass is 218 g/mol. The summed E-state index contributed by atoms with van der Waals surface area (Å²) in [5.74, 6) is 2.18. The van der Waals surface area contributed by atoms with E-state index in [2.05, 4.69) is 10.9 Å². The van der Waals surface area contributed by atoms with Crippen LogP contribution in [0.2, 0.25) is 0 Å². The van der Waals surface area contributed by atoms with Crippen molar-refractivity contribution in [2.24, 2.45) is 0 Å². The van der Waals surface area contributed by atoms with Crippen molar-refractivity contribution in [1.82, 2.24) is 4.98 Å². The van der Waals surface area contributed by atoms with E-state index in [9.17, 15) is 4.79 Å². The van der Waals surface area contributed by atoms with Gasteiger partial charge in [0.05, 0.1) is 12.1 Å². The van der Waals surface area contributed by atoms with Crippen LogP contribution in [0.15, 0.2) is 12.1 Å². The normalized spacial score (nSPS) is 9.56. The first-order valence-corrected chi connectivity index (χ1v) is 4.99. The van der Waals surface area contributed by atoms with E-state index in [1.807, 2.05) is 11.8 Å². The predicted octanol–water partition coefficient (Wildman–Crippen LogP) is 1.55. The highest BCUT2D eigenvalue weighted by molar-refractivity contribution is 5.88. The lowest BCUT2D eigenvalue weighted by Gasteiger charge is -2.19. The smallest absolute Gasteiger partial charge is 0.335 e. The minimum absolute atomic E-state index is 0.234. The number of carboxylic acid groups (broad SMARTS) is 1. The SMILES string of the molecule is C#CCN(CC)c1cc(C(=O)O)cc(C)n1. The Balaban J connectivity index is 3.13. The number of pyridine rings is 1. The minimum atomic E-state index is -0.955. The van der Waals surface area contributed by atoms with Crippen LogP contribution < -0.4 is 4.90 Å². The van der Waals surface area contributed by atoms with Crippen molar-refractivity contribution in [3.05, 3.63) is 23.4 Å². The van der Waals surface area contributed by atoms with E-state index in [-0.39, 0.29) is 5.56 Å². The third-order valence-corrected chi connectivity index (χ3v) is 2.17. The zero-order chi connectivity index (χ0) is 12.1. The summed E-state index contributed by atoms with van der Waals surface area (Å²) in [6.07, 6.45) is 5.24. The first-order chi connectivity index (χ1) is 7.58. The molecule has 1 aromatic rings. The maximum atomic E-state index is 10.9. The molecule has 0 saturated heterocycles. The van der Waals surface area contributed by atoms with Crippen LogP contribution in [0.5, 0.6) is 0 Å². The Hall–Kier alpha value is -2.02. The topological polar surface area (TPSA) is 53.4 Å². The van der Waals surface area contributed by atoms with Gasteiger partial charge in [0.2, 0.25) is 0 Å². The summed E-state index contributed by atoms with van der Waals surface area (Å²) in [4.78, 5) is 17.0. The Morgan fingerprint density at radius 1 is 1.62 bits per heavy atom. The van der Waals surface area contributed by atoms with Gasteiger partial charge < -0.3 is 10.0 Å². The lowest BCUT2D eigenvalue weighted by Crippen LogP contribution is -2.24. The van der Waals surface area contributed by atoms with Gasteiger partial charge in [0.15, 0.2) is 0 Å². The Morgan fingerprint density at radius 3 is 2.81 bits per heavy atom. The van der Waals surface area contributed by atoms with E-state index in [1.165, 1.54) is 12.1 Å². The van der Waals surface area contributed by atoms with Gasteiger partial charge in [0, 0.05) is 12.2 Å². The van der Waals surface area contributed by atoms with Crippen LogP contribution in [0.4, 0.5) is 5.82 Å². The molecule has 0 bridgehead atoms. The van der Waals surface area contributed by atoms with Gasteiger partial charge in [-0.05, 0) is 26.0 Å². The molecule has 1 heterocycles. The average molecular weight is 218 g/mol. The predicted molar refractivity (Wildman–Crippen MR) is 62.7 cm³/mol.